The molecule has 2 aliphatic carbocycles. The molecule has 5 aliphatic rings. The molecule has 0 N–H and O–H groups in total. The van der Waals surface area contributed by atoms with Gasteiger partial charge in [0, 0.05) is 31.7 Å². The van der Waals surface area contributed by atoms with Crippen LogP contribution >= 0.6 is 0 Å². The summed E-state index contributed by atoms with van der Waals surface area (Å²) in [5.41, 5.74) is 2.16. The maximum atomic E-state index is 2.88. The van der Waals surface area contributed by atoms with Crippen LogP contribution in [0, 0.1) is 22.2 Å². The van der Waals surface area contributed by atoms with E-state index in [0.29, 0.717) is 5.41 Å². The Morgan fingerprint density at radius 2 is 1.34 bits per heavy atom. The molecule has 3 saturated heterocycles. The van der Waals surface area contributed by atoms with Crippen LogP contribution in [0.5, 0.6) is 0 Å². The first-order valence-electron chi connectivity index (χ1n) is 13.0. The monoisotopic (exact) mass is 401 g/mol. The van der Waals surface area contributed by atoms with Gasteiger partial charge in [-0.2, -0.15) is 0 Å². The molecule has 3 heterocycles. The van der Waals surface area contributed by atoms with Gasteiger partial charge in [-0.1, -0.05) is 13.8 Å². The Morgan fingerprint density at radius 1 is 0.759 bits per heavy atom. The van der Waals surface area contributed by atoms with Gasteiger partial charge in [0.1, 0.15) is 0 Å². The molecule has 0 radical (unpaired) electrons. The SMILES string of the molecule is CC(C)CC1(CN2CCC3(CC2)CC(N2CC4(CCN(C(C)C)CC4)C2)C3)CC1. The van der Waals surface area contributed by atoms with E-state index in [2.05, 4.69) is 42.4 Å². The summed E-state index contributed by atoms with van der Waals surface area (Å²) in [5.74, 6) is 0.874. The van der Waals surface area contributed by atoms with Gasteiger partial charge in [-0.25, -0.2) is 0 Å². The molecule has 3 nitrogen and oxygen atoms in total. The molecule has 0 amide bonds. The lowest BCUT2D eigenvalue weighted by Crippen LogP contribution is -2.67. The molecule has 5 fully saturated rings. The van der Waals surface area contributed by atoms with Crippen LogP contribution in [-0.4, -0.2) is 72.6 Å². The lowest BCUT2D eigenvalue weighted by molar-refractivity contribution is -0.130. The molecule has 3 heteroatoms. The highest BCUT2D eigenvalue weighted by Crippen LogP contribution is 2.56. The van der Waals surface area contributed by atoms with Crippen molar-refractivity contribution in [3.05, 3.63) is 0 Å². The van der Waals surface area contributed by atoms with Crippen LogP contribution in [0.1, 0.15) is 85.5 Å². The highest BCUT2D eigenvalue weighted by Gasteiger charge is 2.54. The molecule has 0 bridgehead atoms. The Hall–Kier alpha value is -0.120. The second-order valence-electron chi connectivity index (χ2n) is 13.0. The molecule has 29 heavy (non-hydrogen) atoms. The van der Waals surface area contributed by atoms with E-state index in [1.165, 1.54) is 104 Å². The minimum Gasteiger partial charge on any atom is -0.303 e. The summed E-state index contributed by atoms with van der Waals surface area (Å²) >= 11 is 0. The Bertz CT molecular complexity index is 561. The van der Waals surface area contributed by atoms with Crippen molar-refractivity contribution in [3.63, 3.8) is 0 Å². The molecule has 2 saturated carbocycles. The molecule has 2 spiro atoms. The lowest BCUT2D eigenvalue weighted by atomic mass is 9.58. The Kier molecular flexibility index (Phi) is 5.36. The molecular formula is C26H47N3. The first-order valence-corrected chi connectivity index (χ1v) is 13.0. The highest BCUT2D eigenvalue weighted by molar-refractivity contribution is 5.08. The summed E-state index contributed by atoms with van der Waals surface area (Å²) in [6, 6.07) is 1.67. The van der Waals surface area contributed by atoms with E-state index < -0.39 is 0 Å². The lowest BCUT2D eigenvalue weighted by Gasteiger charge is -2.63. The maximum absolute atomic E-state index is 2.88. The average Bonchev–Trinajstić information content (AvgIpc) is 3.37. The van der Waals surface area contributed by atoms with Gasteiger partial charge in [-0.15, -0.1) is 0 Å². The summed E-state index contributed by atoms with van der Waals surface area (Å²) < 4.78 is 0. The van der Waals surface area contributed by atoms with Gasteiger partial charge in [0.2, 0.25) is 0 Å². The molecule has 0 atom stereocenters. The Morgan fingerprint density at radius 3 is 1.86 bits per heavy atom. The Balaban J connectivity index is 1.03. The van der Waals surface area contributed by atoms with Crippen molar-refractivity contribution in [2.45, 2.75) is 97.6 Å². The summed E-state index contributed by atoms with van der Waals surface area (Å²) in [6.45, 7) is 19.3. The fourth-order valence-corrected chi connectivity index (χ4v) is 7.64. The largest absolute Gasteiger partial charge is 0.303 e. The number of nitrogens with zero attached hydrogens (tertiary/aromatic N) is 3. The van der Waals surface area contributed by atoms with Gasteiger partial charge in [-0.05, 0) is 120 Å². The van der Waals surface area contributed by atoms with Gasteiger partial charge in [-0.3, -0.25) is 4.90 Å². The predicted octanol–water partition coefficient (Wildman–Crippen LogP) is 4.86. The topological polar surface area (TPSA) is 9.72 Å². The molecule has 0 aromatic heterocycles. The van der Waals surface area contributed by atoms with Crippen molar-refractivity contribution in [2.24, 2.45) is 22.2 Å². The molecule has 166 valence electrons. The summed E-state index contributed by atoms with van der Waals surface area (Å²) in [5, 5.41) is 0. The van der Waals surface area contributed by atoms with Gasteiger partial charge >= 0.3 is 0 Å². The van der Waals surface area contributed by atoms with Crippen LogP contribution < -0.4 is 0 Å². The van der Waals surface area contributed by atoms with E-state index in [-0.39, 0.29) is 0 Å². The summed E-state index contributed by atoms with van der Waals surface area (Å²) in [6.07, 6.45) is 13.4. The predicted molar refractivity (Wildman–Crippen MR) is 122 cm³/mol. The third-order valence-electron chi connectivity index (χ3n) is 9.79. The summed E-state index contributed by atoms with van der Waals surface area (Å²) in [7, 11) is 0. The average molecular weight is 402 g/mol. The second kappa shape index (κ2) is 7.48. The van der Waals surface area contributed by atoms with E-state index in [1.54, 1.807) is 0 Å². The first kappa shape index (κ1) is 20.8. The standard InChI is InChI=1S/C26H47N3/c1-21(2)15-25(5-6-25)18-27-11-7-24(8-12-27)16-23(17-24)29-19-26(20-29)9-13-28(14-10-26)22(3)4/h21-23H,5-20H2,1-4H3. The number of rotatable bonds is 6. The van der Waals surface area contributed by atoms with Crippen molar-refractivity contribution in [3.8, 4) is 0 Å². The molecule has 0 aromatic carbocycles. The van der Waals surface area contributed by atoms with Crippen LogP contribution in [0.25, 0.3) is 0 Å². The molecular weight excluding hydrogens is 354 g/mol. The van der Waals surface area contributed by atoms with Gasteiger partial charge < -0.3 is 9.80 Å². The molecule has 3 aliphatic heterocycles. The normalized spacial score (nSPS) is 32.1. The number of piperidine rings is 2. The fraction of sp³-hybridized carbons (Fsp3) is 1.00. The smallest absolute Gasteiger partial charge is 0.0106 e. The third-order valence-corrected chi connectivity index (χ3v) is 9.79. The molecule has 0 aromatic rings. The highest BCUT2D eigenvalue weighted by atomic mass is 15.3. The van der Waals surface area contributed by atoms with Gasteiger partial charge in [0.25, 0.3) is 0 Å². The number of hydrogen-bond acceptors (Lipinski definition) is 3. The maximum Gasteiger partial charge on any atom is 0.0106 e. The molecule has 0 unspecified atom stereocenters. The van der Waals surface area contributed by atoms with E-state index in [9.17, 15) is 0 Å². The number of likely N-dealkylation sites (tertiary alicyclic amines) is 3. The van der Waals surface area contributed by atoms with Crippen LogP contribution in [0.2, 0.25) is 0 Å². The summed E-state index contributed by atoms with van der Waals surface area (Å²) in [4.78, 5) is 8.41. The Labute approximate surface area is 180 Å². The van der Waals surface area contributed by atoms with Crippen LogP contribution in [0.15, 0.2) is 0 Å². The van der Waals surface area contributed by atoms with Gasteiger partial charge in [0.05, 0.1) is 0 Å². The zero-order valence-corrected chi connectivity index (χ0v) is 19.9. The second-order valence-corrected chi connectivity index (χ2v) is 13.0. The fourth-order valence-electron chi connectivity index (χ4n) is 7.64. The van der Waals surface area contributed by atoms with Crippen molar-refractivity contribution in [1.29, 1.82) is 0 Å². The molecule has 5 rings (SSSR count). The van der Waals surface area contributed by atoms with E-state index in [1.807, 2.05) is 0 Å². The number of hydrogen-bond donors (Lipinski definition) is 0. The van der Waals surface area contributed by atoms with Crippen molar-refractivity contribution < 1.29 is 0 Å². The van der Waals surface area contributed by atoms with E-state index in [4.69, 9.17) is 0 Å². The van der Waals surface area contributed by atoms with Crippen molar-refractivity contribution >= 4 is 0 Å². The van der Waals surface area contributed by atoms with Crippen LogP contribution in [0.4, 0.5) is 0 Å². The van der Waals surface area contributed by atoms with E-state index >= 15 is 0 Å². The van der Waals surface area contributed by atoms with Crippen LogP contribution in [0.3, 0.4) is 0 Å². The van der Waals surface area contributed by atoms with Crippen LogP contribution in [-0.2, 0) is 0 Å². The quantitative estimate of drug-likeness (QED) is 0.629. The van der Waals surface area contributed by atoms with Crippen molar-refractivity contribution in [1.82, 2.24) is 14.7 Å². The minimum atomic E-state index is 0.701. The zero-order valence-electron chi connectivity index (χ0n) is 19.9. The first-order chi connectivity index (χ1) is 13.8. The minimum absolute atomic E-state index is 0.701. The third kappa shape index (κ3) is 4.17. The van der Waals surface area contributed by atoms with Crippen molar-refractivity contribution in [2.75, 3.05) is 45.8 Å². The van der Waals surface area contributed by atoms with E-state index in [0.717, 1.165) is 28.8 Å². The van der Waals surface area contributed by atoms with Gasteiger partial charge in [0.15, 0.2) is 0 Å². The zero-order chi connectivity index (χ0) is 20.3.